The summed E-state index contributed by atoms with van der Waals surface area (Å²) < 4.78 is 0. The van der Waals surface area contributed by atoms with Crippen LogP contribution in [0.3, 0.4) is 0 Å². The van der Waals surface area contributed by atoms with E-state index in [2.05, 4.69) is 4.90 Å². The van der Waals surface area contributed by atoms with Gasteiger partial charge in [0.25, 0.3) is 0 Å². The summed E-state index contributed by atoms with van der Waals surface area (Å²) >= 11 is 0. The third-order valence-electron chi connectivity index (χ3n) is 4.81. The second-order valence-electron chi connectivity index (χ2n) is 5.52. The molecule has 3 fully saturated rings. The molecule has 1 saturated carbocycles. The van der Waals surface area contributed by atoms with Gasteiger partial charge in [-0.25, -0.2) is 0 Å². The molecule has 4 heteroatoms. The molecular weight excluding hydrogens is 206 g/mol. The Kier molecular flexibility index (Phi) is 2.44. The Morgan fingerprint density at radius 3 is 2.75 bits per heavy atom. The summed E-state index contributed by atoms with van der Waals surface area (Å²) in [6, 6.07) is 0.778. The number of aliphatic hydroxyl groups excluding tert-OH is 1. The van der Waals surface area contributed by atoms with E-state index in [1.54, 1.807) is 0 Å². The molecule has 0 radical (unpaired) electrons. The van der Waals surface area contributed by atoms with Gasteiger partial charge in [0, 0.05) is 18.0 Å². The van der Waals surface area contributed by atoms with E-state index >= 15 is 0 Å². The molecule has 0 aromatic carbocycles. The first-order valence-corrected chi connectivity index (χ1v) is 6.35. The molecule has 0 bridgehead atoms. The van der Waals surface area contributed by atoms with Crippen molar-refractivity contribution in [2.75, 3.05) is 6.54 Å². The number of aliphatic carboxylic acids is 1. The standard InChI is InChI=1S/C12H19NO3/c14-11-8-6-7(12(15)16)3-4-9(8)13-5-1-2-10(11)13/h7-11,14H,1-6H2,(H,15,16)/t7-,8-,9+,10+,11+/m1/s1. The summed E-state index contributed by atoms with van der Waals surface area (Å²) in [5.41, 5.74) is 0. The highest BCUT2D eigenvalue weighted by Crippen LogP contribution is 2.45. The normalized spacial score (nSPS) is 47.7. The molecule has 3 aliphatic rings. The number of carboxylic acids is 1. The number of aliphatic hydroxyl groups is 1. The Morgan fingerprint density at radius 1 is 1.19 bits per heavy atom. The van der Waals surface area contributed by atoms with Crippen molar-refractivity contribution in [2.45, 2.75) is 50.3 Å². The summed E-state index contributed by atoms with van der Waals surface area (Å²) in [6.07, 6.45) is 4.41. The van der Waals surface area contributed by atoms with Gasteiger partial charge in [-0.3, -0.25) is 9.69 Å². The van der Waals surface area contributed by atoms with Gasteiger partial charge in [-0.1, -0.05) is 0 Å². The van der Waals surface area contributed by atoms with Crippen LogP contribution in [0.25, 0.3) is 0 Å². The molecule has 2 heterocycles. The predicted octanol–water partition coefficient (Wildman–Crippen LogP) is 0.695. The van der Waals surface area contributed by atoms with E-state index in [-0.39, 0.29) is 17.9 Å². The van der Waals surface area contributed by atoms with Crippen LogP contribution in [0.1, 0.15) is 32.1 Å². The highest BCUT2D eigenvalue weighted by atomic mass is 16.4. The molecule has 4 nitrogen and oxygen atoms in total. The molecule has 3 rings (SSSR count). The van der Waals surface area contributed by atoms with Gasteiger partial charge in [0.05, 0.1) is 12.0 Å². The third-order valence-corrected chi connectivity index (χ3v) is 4.81. The first-order valence-electron chi connectivity index (χ1n) is 6.35. The van der Waals surface area contributed by atoms with E-state index in [4.69, 9.17) is 5.11 Å². The van der Waals surface area contributed by atoms with Crippen molar-refractivity contribution in [3.63, 3.8) is 0 Å². The lowest BCUT2D eigenvalue weighted by molar-refractivity contribution is -0.144. The van der Waals surface area contributed by atoms with Gasteiger partial charge >= 0.3 is 5.97 Å². The van der Waals surface area contributed by atoms with Crippen molar-refractivity contribution in [1.29, 1.82) is 0 Å². The zero-order valence-corrected chi connectivity index (χ0v) is 9.38. The van der Waals surface area contributed by atoms with Gasteiger partial charge < -0.3 is 10.2 Å². The van der Waals surface area contributed by atoms with Crippen molar-refractivity contribution < 1.29 is 15.0 Å². The zero-order chi connectivity index (χ0) is 11.3. The second kappa shape index (κ2) is 3.70. The second-order valence-corrected chi connectivity index (χ2v) is 5.52. The number of carboxylic acid groups (broad SMARTS) is 1. The van der Waals surface area contributed by atoms with Crippen LogP contribution >= 0.6 is 0 Å². The van der Waals surface area contributed by atoms with Crippen molar-refractivity contribution in [2.24, 2.45) is 11.8 Å². The lowest BCUT2D eigenvalue weighted by Gasteiger charge is -2.33. The first-order chi connectivity index (χ1) is 7.68. The fraction of sp³-hybridized carbons (Fsp3) is 0.917. The predicted molar refractivity (Wildman–Crippen MR) is 58.0 cm³/mol. The molecule has 1 aliphatic carbocycles. The van der Waals surface area contributed by atoms with Gasteiger partial charge in [-0.05, 0) is 38.6 Å². The minimum absolute atomic E-state index is 0.208. The van der Waals surface area contributed by atoms with Crippen LogP contribution in [0.4, 0.5) is 0 Å². The lowest BCUT2D eigenvalue weighted by Crippen LogP contribution is -2.39. The first kappa shape index (κ1) is 10.5. The van der Waals surface area contributed by atoms with Crippen LogP contribution in [-0.4, -0.2) is 45.8 Å². The fourth-order valence-corrected chi connectivity index (χ4v) is 4.07. The molecule has 0 aromatic rings. The van der Waals surface area contributed by atoms with Crippen LogP contribution in [0.2, 0.25) is 0 Å². The topological polar surface area (TPSA) is 60.8 Å². The van der Waals surface area contributed by atoms with Crippen LogP contribution in [-0.2, 0) is 4.79 Å². The minimum Gasteiger partial charge on any atom is -0.481 e. The fourth-order valence-electron chi connectivity index (χ4n) is 4.07. The monoisotopic (exact) mass is 225 g/mol. The maximum atomic E-state index is 11.0. The average Bonchev–Trinajstić information content (AvgIpc) is 2.83. The highest BCUT2D eigenvalue weighted by Gasteiger charge is 2.52. The van der Waals surface area contributed by atoms with E-state index in [1.165, 1.54) is 6.42 Å². The van der Waals surface area contributed by atoms with Crippen molar-refractivity contribution in [3.05, 3.63) is 0 Å². The average molecular weight is 225 g/mol. The number of hydrogen-bond acceptors (Lipinski definition) is 3. The molecule has 5 atom stereocenters. The Morgan fingerprint density at radius 2 is 2.00 bits per heavy atom. The van der Waals surface area contributed by atoms with Gasteiger partial charge in [-0.15, -0.1) is 0 Å². The molecule has 2 saturated heterocycles. The van der Waals surface area contributed by atoms with E-state index in [9.17, 15) is 9.90 Å². The maximum absolute atomic E-state index is 11.0. The molecular formula is C12H19NO3. The summed E-state index contributed by atoms with van der Waals surface area (Å²) in [5, 5.41) is 19.3. The number of hydrogen-bond donors (Lipinski definition) is 2. The zero-order valence-electron chi connectivity index (χ0n) is 9.38. The Labute approximate surface area is 95.2 Å². The molecule has 0 aromatic heterocycles. The largest absolute Gasteiger partial charge is 0.481 e. The van der Waals surface area contributed by atoms with Crippen LogP contribution in [0.5, 0.6) is 0 Å². The van der Waals surface area contributed by atoms with E-state index in [0.29, 0.717) is 18.5 Å². The Hall–Kier alpha value is -0.610. The smallest absolute Gasteiger partial charge is 0.306 e. The van der Waals surface area contributed by atoms with E-state index in [0.717, 1.165) is 25.8 Å². The highest BCUT2D eigenvalue weighted by molar-refractivity contribution is 5.70. The van der Waals surface area contributed by atoms with Crippen molar-refractivity contribution in [3.8, 4) is 0 Å². The Balaban J connectivity index is 1.77. The van der Waals surface area contributed by atoms with Gasteiger partial charge in [0.2, 0.25) is 0 Å². The number of fused-ring (bicyclic) bond motifs is 3. The van der Waals surface area contributed by atoms with Gasteiger partial charge in [-0.2, -0.15) is 0 Å². The molecule has 16 heavy (non-hydrogen) atoms. The van der Waals surface area contributed by atoms with Gasteiger partial charge in [0.15, 0.2) is 0 Å². The number of carbonyl (C=O) groups is 1. The van der Waals surface area contributed by atoms with Crippen molar-refractivity contribution >= 4 is 5.97 Å². The van der Waals surface area contributed by atoms with Crippen molar-refractivity contribution in [1.82, 2.24) is 4.90 Å². The lowest BCUT2D eigenvalue weighted by atomic mass is 9.76. The van der Waals surface area contributed by atoms with Crippen LogP contribution in [0.15, 0.2) is 0 Å². The maximum Gasteiger partial charge on any atom is 0.306 e. The van der Waals surface area contributed by atoms with Gasteiger partial charge in [0.1, 0.15) is 0 Å². The Bertz CT molecular complexity index is 307. The van der Waals surface area contributed by atoms with Crippen LogP contribution < -0.4 is 0 Å². The third kappa shape index (κ3) is 1.39. The van der Waals surface area contributed by atoms with E-state index in [1.807, 2.05) is 0 Å². The number of nitrogens with zero attached hydrogens (tertiary/aromatic N) is 1. The SMILES string of the molecule is O=C(O)[C@@H]1CC[C@H]2[C@@H](C1)[C@H](O)[C@@H]1CCCN12. The molecule has 2 N–H and O–H groups in total. The summed E-state index contributed by atoms with van der Waals surface area (Å²) in [6.45, 7) is 1.10. The molecule has 0 unspecified atom stereocenters. The summed E-state index contributed by atoms with van der Waals surface area (Å²) in [4.78, 5) is 13.4. The molecule has 0 amide bonds. The van der Waals surface area contributed by atoms with E-state index < -0.39 is 5.97 Å². The summed E-state index contributed by atoms with van der Waals surface area (Å²) in [7, 11) is 0. The molecule has 0 spiro atoms. The quantitative estimate of drug-likeness (QED) is 0.689. The number of rotatable bonds is 1. The molecule has 2 aliphatic heterocycles. The van der Waals surface area contributed by atoms with Crippen LogP contribution in [0, 0.1) is 11.8 Å². The summed E-state index contributed by atoms with van der Waals surface area (Å²) in [5.74, 6) is -0.700. The molecule has 90 valence electrons. The minimum atomic E-state index is -0.683.